The summed E-state index contributed by atoms with van der Waals surface area (Å²) in [4.78, 5) is 24.0. The molecule has 32 heavy (non-hydrogen) atoms. The zero-order chi connectivity index (χ0) is 22.7. The number of carbonyl (C=O) groups is 2. The Labute approximate surface area is 192 Å². The van der Waals surface area contributed by atoms with Gasteiger partial charge in [-0.25, -0.2) is 0 Å². The van der Waals surface area contributed by atoms with E-state index in [-0.39, 0.29) is 16.7 Å². The van der Waals surface area contributed by atoms with Crippen LogP contribution in [0.4, 0.5) is 0 Å². The third-order valence-electron chi connectivity index (χ3n) is 10.5. The van der Waals surface area contributed by atoms with E-state index in [1.165, 1.54) is 36.8 Å². The van der Waals surface area contributed by atoms with E-state index in [9.17, 15) is 14.7 Å². The number of carbonyl (C=O) groups excluding carboxylic acids is 1. The van der Waals surface area contributed by atoms with E-state index in [1.54, 1.807) is 0 Å². The van der Waals surface area contributed by atoms with Crippen molar-refractivity contribution in [3.8, 4) is 0 Å². The highest BCUT2D eigenvalue weighted by atomic mass is 16.4. The Bertz CT molecular complexity index is 933. The van der Waals surface area contributed by atoms with Crippen molar-refractivity contribution in [3.63, 3.8) is 0 Å². The fraction of sp³-hybridized carbons (Fsp3) is 0.655. The predicted molar refractivity (Wildman–Crippen MR) is 126 cm³/mol. The number of hydrogen-bond acceptors (Lipinski definition) is 2. The van der Waals surface area contributed by atoms with Gasteiger partial charge in [0.2, 0.25) is 0 Å². The summed E-state index contributed by atoms with van der Waals surface area (Å²) in [7, 11) is 0. The average molecular weight is 435 g/mol. The van der Waals surface area contributed by atoms with E-state index in [1.807, 2.05) is 13.0 Å². The molecule has 4 aliphatic rings. The zero-order valence-electron chi connectivity index (χ0n) is 19.8. The molecule has 5 rings (SSSR count). The molecular formula is C29H38O3. The minimum atomic E-state index is -0.653. The van der Waals surface area contributed by atoms with Gasteiger partial charge in [0.25, 0.3) is 0 Å². The molecule has 1 N–H and O–H groups in total. The molecule has 0 spiro atoms. The molecule has 3 heteroatoms. The molecule has 172 valence electrons. The maximum Gasteiger partial charge on any atom is 0.306 e. The van der Waals surface area contributed by atoms with E-state index in [0.717, 1.165) is 19.3 Å². The first kappa shape index (κ1) is 21.9. The highest BCUT2D eigenvalue weighted by Gasteiger charge is 2.61. The summed E-state index contributed by atoms with van der Waals surface area (Å²) < 4.78 is 0. The van der Waals surface area contributed by atoms with Gasteiger partial charge in [0.15, 0.2) is 5.78 Å². The molecule has 0 radical (unpaired) electrons. The molecule has 0 heterocycles. The number of hydrogen-bond donors (Lipinski definition) is 1. The maximum absolute atomic E-state index is 12.4. The van der Waals surface area contributed by atoms with Gasteiger partial charge < -0.3 is 5.11 Å². The van der Waals surface area contributed by atoms with Crippen molar-refractivity contribution >= 4 is 11.8 Å². The van der Waals surface area contributed by atoms with Crippen molar-refractivity contribution in [1.82, 2.24) is 0 Å². The highest BCUT2D eigenvalue weighted by Crippen LogP contribution is 2.69. The molecule has 1 aromatic rings. The molecule has 0 aliphatic heterocycles. The second-order valence-corrected chi connectivity index (χ2v) is 11.9. The Morgan fingerprint density at radius 1 is 1.09 bits per heavy atom. The average Bonchev–Trinajstić information content (AvgIpc) is 3.10. The number of carboxylic acids is 1. The van der Waals surface area contributed by atoms with Gasteiger partial charge in [0, 0.05) is 6.42 Å². The zero-order valence-corrected chi connectivity index (χ0v) is 19.8. The largest absolute Gasteiger partial charge is 0.481 e. The van der Waals surface area contributed by atoms with E-state index in [4.69, 9.17) is 0 Å². The lowest BCUT2D eigenvalue weighted by molar-refractivity contribution is -0.142. The van der Waals surface area contributed by atoms with E-state index in [0.29, 0.717) is 41.8 Å². The van der Waals surface area contributed by atoms with Gasteiger partial charge in [-0.15, -0.1) is 0 Å². The van der Waals surface area contributed by atoms with Gasteiger partial charge in [0.05, 0.1) is 5.92 Å². The predicted octanol–water partition coefficient (Wildman–Crippen LogP) is 6.64. The Balaban J connectivity index is 1.54. The van der Waals surface area contributed by atoms with Gasteiger partial charge in [0.1, 0.15) is 0 Å². The molecule has 0 aromatic heterocycles. The fourth-order valence-electron chi connectivity index (χ4n) is 8.63. The second kappa shape index (κ2) is 7.85. The van der Waals surface area contributed by atoms with E-state index >= 15 is 0 Å². The van der Waals surface area contributed by atoms with Crippen molar-refractivity contribution in [1.29, 1.82) is 0 Å². The van der Waals surface area contributed by atoms with Crippen LogP contribution in [0.1, 0.15) is 83.6 Å². The minimum Gasteiger partial charge on any atom is -0.481 e. The Kier molecular flexibility index (Phi) is 5.38. The lowest BCUT2D eigenvalue weighted by atomic mass is 9.44. The molecule has 1 unspecified atom stereocenters. The van der Waals surface area contributed by atoms with Crippen LogP contribution in [0, 0.1) is 40.4 Å². The topological polar surface area (TPSA) is 54.4 Å². The summed E-state index contributed by atoms with van der Waals surface area (Å²) in [5, 5.41) is 9.55. The van der Waals surface area contributed by atoms with Gasteiger partial charge in [-0.1, -0.05) is 56.7 Å². The summed E-state index contributed by atoms with van der Waals surface area (Å²) >= 11 is 0. The van der Waals surface area contributed by atoms with Gasteiger partial charge in [-0.3, -0.25) is 9.59 Å². The number of rotatable bonds is 4. The van der Waals surface area contributed by atoms with Crippen molar-refractivity contribution in [2.24, 2.45) is 40.4 Å². The standard InChI is InChI=1S/C29H38O3/c1-18(27(31)32)15-20-9-10-24-26-23(19-7-5-4-6-8-19)17-21-16-22(30)11-13-29(21,3)25(26)12-14-28(20,24)2/h4-8,16,18,20,23-26H,9-15,17H2,1-3H3,(H,31,32)/t18?,20-,23-,24-,25-,26-,28+,29-/m0/s1. The summed E-state index contributed by atoms with van der Waals surface area (Å²) in [6.45, 7) is 6.82. The molecule has 4 aliphatic carbocycles. The van der Waals surface area contributed by atoms with Crippen LogP contribution in [0.15, 0.2) is 42.0 Å². The Hall–Kier alpha value is -1.90. The van der Waals surface area contributed by atoms with Crippen LogP contribution < -0.4 is 0 Å². The molecule has 0 amide bonds. The molecule has 0 saturated heterocycles. The maximum atomic E-state index is 12.4. The Morgan fingerprint density at radius 2 is 1.84 bits per heavy atom. The van der Waals surface area contributed by atoms with Gasteiger partial charge in [-0.05, 0) is 97.0 Å². The smallest absolute Gasteiger partial charge is 0.306 e. The van der Waals surface area contributed by atoms with Crippen LogP contribution in [-0.2, 0) is 9.59 Å². The van der Waals surface area contributed by atoms with Crippen LogP contribution in [0.5, 0.6) is 0 Å². The van der Waals surface area contributed by atoms with Gasteiger partial charge >= 0.3 is 5.97 Å². The number of ketones is 1. The summed E-state index contributed by atoms with van der Waals surface area (Å²) in [6, 6.07) is 11.0. The normalized spacial score (nSPS) is 41.8. The SMILES string of the molecule is CC(C[C@@H]1CC[C@H]2[C@@H]3[C@H](c4ccccc4)CC4=CC(=O)CC[C@]4(C)[C@H]3CC[C@]12C)C(=O)O. The summed E-state index contributed by atoms with van der Waals surface area (Å²) in [6.07, 6.45) is 10.3. The number of aliphatic carboxylic acids is 1. The molecule has 0 bridgehead atoms. The van der Waals surface area contributed by atoms with E-state index < -0.39 is 5.97 Å². The van der Waals surface area contributed by atoms with Crippen molar-refractivity contribution < 1.29 is 14.7 Å². The molecule has 3 nitrogen and oxygen atoms in total. The van der Waals surface area contributed by atoms with Crippen LogP contribution in [0.3, 0.4) is 0 Å². The fourth-order valence-corrected chi connectivity index (χ4v) is 8.63. The van der Waals surface area contributed by atoms with Crippen LogP contribution in [0.2, 0.25) is 0 Å². The van der Waals surface area contributed by atoms with Gasteiger partial charge in [-0.2, -0.15) is 0 Å². The Morgan fingerprint density at radius 3 is 2.56 bits per heavy atom. The number of carboxylic acid groups (broad SMARTS) is 1. The lowest BCUT2D eigenvalue weighted by Gasteiger charge is -2.60. The number of benzene rings is 1. The highest BCUT2D eigenvalue weighted by molar-refractivity contribution is 5.91. The number of fused-ring (bicyclic) bond motifs is 5. The summed E-state index contributed by atoms with van der Waals surface area (Å²) in [5.41, 5.74) is 3.22. The van der Waals surface area contributed by atoms with Crippen molar-refractivity contribution in [3.05, 3.63) is 47.5 Å². The molecule has 3 saturated carbocycles. The van der Waals surface area contributed by atoms with Crippen LogP contribution in [-0.4, -0.2) is 16.9 Å². The van der Waals surface area contributed by atoms with Crippen LogP contribution in [0.25, 0.3) is 0 Å². The first-order valence-electron chi connectivity index (χ1n) is 12.8. The molecule has 3 fully saturated rings. The third-order valence-corrected chi connectivity index (χ3v) is 10.5. The van der Waals surface area contributed by atoms with Crippen molar-refractivity contribution in [2.45, 2.75) is 78.1 Å². The first-order chi connectivity index (χ1) is 15.2. The minimum absolute atomic E-state index is 0.150. The molecular weight excluding hydrogens is 396 g/mol. The first-order valence-corrected chi connectivity index (χ1v) is 12.8. The van der Waals surface area contributed by atoms with Crippen LogP contribution >= 0.6 is 0 Å². The lowest BCUT2D eigenvalue weighted by Crippen LogP contribution is -2.53. The number of allylic oxidation sites excluding steroid dienone is 1. The monoisotopic (exact) mass is 434 g/mol. The summed E-state index contributed by atoms with van der Waals surface area (Å²) in [5.74, 6) is 2.26. The molecule has 8 atom stereocenters. The van der Waals surface area contributed by atoms with E-state index in [2.05, 4.69) is 44.2 Å². The molecule has 1 aromatic carbocycles. The second-order valence-electron chi connectivity index (χ2n) is 11.9. The van der Waals surface area contributed by atoms with Crippen molar-refractivity contribution in [2.75, 3.05) is 0 Å². The third kappa shape index (κ3) is 3.30. The quantitative estimate of drug-likeness (QED) is 0.578.